The molecular formula is C12H22S. The molecule has 0 nitrogen and oxygen atoms in total. The van der Waals surface area contributed by atoms with Crippen molar-refractivity contribution in [3.05, 3.63) is 22.0 Å². The van der Waals surface area contributed by atoms with Gasteiger partial charge < -0.3 is 0 Å². The van der Waals surface area contributed by atoms with E-state index in [0.717, 1.165) is 0 Å². The lowest BCUT2D eigenvalue weighted by Crippen LogP contribution is -1.94. The highest BCUT2D eigenvalue weighted by Crippen LogP contribution is 2.34. The maximum atomic E-state index is 2.25. The molecule has 0 rings (SSSR count). The first-order chi connectivity index (χ1) is 6.02. The van der Waals surface area contributed by atoms with Crippen molar-refractivity contribution in [1.82, 2.24) is 0 Å². The van der Waals surface area contributed by atoms with Crippen molar-refractivity contribution in [2.75, 3.05) is 0 Å². The molecule has 0 aromatic heterocycles. The van der Waals surface area contributed by atoms with Gasteiger partial charge in [0.05, 0.1) is 0 Å². The van der Waals surface area contributed by atoms with Gasteiger partial charge in [-0.2, -0.15) is 0 Å². The Kier molecular flexibility index (Phi) is 6.23. The summed E-state index contributed by atoms with van der Waals surface area (Å²) in [6.07, 6.45) is 4.45. The molecule has 0 fully saturated rings. The molecule has 0 aliphatic heterocycles. The van der Waals surface area contributed by atoms with E-state index < -0.39 is 0 Å². The van der Waals surface area contributed by atoms with E-state index in [1.54, 1.807) is 0 Å². The van der Waals surface area contributed by atoms with Crippen LogP contribution in [0, 0.1) is 11.8 Å². The highest BCUT2D eigenvalue weighted by molar-refractivity contribution is 8.06. The quantitative estimate of drug-likeness (QED) is 0.623. The molecule has 76 valence electrons. The van der Waals surface area contributed by atoms with Gasteiger partial charge in [0.15, 0.2) is 0 Å². The molecule has 0 saturated heterocycles. The molecule has 0 spiro atoms. The first-order valence-electron chi connectivity index (χ1n) is 5.03. The minimum atomic E-state index is 0.642. The van der Waals surface area contributed by atoms with Crippen molar-refractivity contribution in [2.45, 2.75) is 41.5 Å². The van der Waals surface area contributed by atoms with E-state index >= 15 is 0 Å². The second kappa shape index (κ2) is 6.31. The van der Waals surface area contributed by atoms with E-state index in [2.05, 4.69) is 53.7 Å². The van der Waals surface area contributed by atoms with Gasteiger partial charge in [0.2, 0.25) is 0 Å². The zero-order valence-electron chi connectivity index (χ0n) is 9.72. The molecular weight excluding hydrogens is 176 g/mol. The van der Waals surface area contributed by atoms with Crippen LogP contribution in [-0.2, 0) is 0 Å². The number of rotatable bonds is 4. The summed E-state index contributed by atoms with van der Waals surface area (Å²) >= 11 is 1.93. The van der Waals surface area contributed by atoms with Gasteiger partial charge >= 0.3 is 0 Å². The van der Waals surface area contributed by atoms with Gasteiger partial charge in [-0.15, -0.1) is 0 Å². The molecule has 1 heteroatoms. The van der Waals surface area contributed by atoms with Gasteiger partial charge in [-0.25, -0.2) is 0 Å². The smallest absolute Gasteiger partial charge is 0.0123 e. The average molecular weight is 198 g/mol. The minimum Gasteiger partial charge on any atom is -0.0992 e. The lowest BCUT2D eigenvalue weighted by molar-refractivity contribution is 0.801. The lowest BCUT2D eigenvalue weighted by atomic mass is 10.2. The molecule has 0 aromatic rings. The third-order valence-corrected chi connectivity index (χ3v) is 3.83. The average Bonchev–Trinajstić information content (AvgIpc) is 2.05. The van der Waals surface area contributed by atoms with E-state index in [-0.39, 0.29) is 0 Å². The third kappa shape index (κ3) is 4.56. The first-order valence-corrected chi connectivity index (χ1v) is 5.84. The number of hydrogen-bond acceptors (Lipinski definition) is 1. The van der Waals surface area contributed by atoms with E-state index in [4.69, 9.17) is 0 Å². The van der Waals surface area contributed by atoms with Gasteiger partial charge in [0, 0.05) is 0 Å². The molecule has 0 bridgehead atoms. The van der Waals surface area contributed by atoms with Crippen molar-refractivity contribution in [3.63, 3.8) is 0 Å². The Morgan fingerprint density at radius 1 is 0.846 bits per heavy atom. The van der Waals surface area contributed by atoms with Crippen molar-refractivity contribution in [2.24, 2.45) is 11.8 Å². The predicted octanol–water partition coefficient (Wildman–Crippen LogP) is 4.84. The topological polar surface area (TPSA) is 0 Å². The molecule has 0 N–H and O–H groups in total. The van der Waals surface area contributed by atoms with Crippen molar-refractivity contribution < 1.29 is 0 Å². The van der Waals surface area contributed by atoms with Crippen molar-refractivity contribution >= 4 is 11.8 Å². The van der Waals surface area contributed by atoms with Crippen LogP contribution in [0.5, 0.6) is 0 Å². The summed E-state index contributed by atoms with van der Waals surface area (Å²) in [5.74, 6) is 1.28. The minimum absolute atomic E-state index is 0.642. The largest absolute Gasteiger partial charge is 0.0992 e. The fourth-order valence-electron chi connectivity index (χ4n) is 1.16. The van der Waals surface area contributed by atoms with Crippen molar-refractivity contribution in [3.8, 4) is 0 Å². The summed E-state index contributed by atoms with van der Waals surface area (Å²) in [5.41, 5.74) is 0. The van der Waals surface area contributed by atoms with Gasteiger partial charge in [-0.1, -0.05) is 51.6 Å². The van der Waals surface area contributed by atoms with Crippen LogP contribution >= 0.6 is 11.8 Å². The van der Waals surface area contributed by atoms with Gasteiger partial charge in [-0.05, 0) is 35.5 Å². The van der Waals surface area contributed by atoms with E-state index in [1.165, 1.54) is 9.81 Å². The second-order valence-corrected chi connectivity index (χ2v) is 4.94. The summed E-state index contributed by atoms with van der Waals surface area (Å²) in [6.45, 7) is 13.2. The molecule has 0 aliphatic rings. The fourth-order valence-corrected chi connectivity index (χ4v) is 2.14. The van der Waals surface area contributed by atoms with Crippen LogP contribution in [0.4, 0.5) is 0 Å². The Bertz CT molecular complexity index is 175. The Labute approximate surface area is 87.5 Å². The Morgan fingerprint density at radius 3 is 1.31 bits per heavy atom. The number of thioether (sulfide) groups is 1. The third-order valence-electron chi connectivity index (χ3n) is 1.94. The lowest BCUT2D eigenvalue weighted by Gasteiger charge is -2.15. The van der Waals surface area contributed by atoms with Gasteiger partial charge in [0.1, 0.15) is 0 Å². The van der Waals surface area contributed by atoms with Crippen LogP contribution < -0.4 is 0 Å². The van der Waals surface area contributed by atoms with Gasteiger partial charge in [-0.3, -0.25) is 0 Å². The monoisotopic (exact) mass is 198 g/mol. The summed E-state index contributed by atoms with van der Waals surface area (Å²) in [4.78, 5) is 2.95. The standard InChI is InChI=1S/C12H22S/c1-7-11(9(3)4)13-12(8-2)10(5)6/h7-10H,1-6H3/b11-7-,12-8-. The maximum absolute atomic E-state index is 2.25. The first kappa shape index (κ1) is 12.8. The Morgan fingerprint density at radius 2 is 1.15 bits per heavy atom. The second-order valence-electron chi connectivity index (χ2n) is 3.79. The van der Waals surface area contributed by atoms with Gasteiger partial charge in [0.25, 0.3) is 0 Å². The maximum Gasteiger partial charge on any atom is -0.0123 e. The predicted molar refractivity (Wildman–Crippen MR) is 64.8 cm³/mol. The van der Waals surface area contributed by atoms with Crippen LogP contribution in [0.15, 0.2) is 22.0 Å². The molecule has 0 aliphatic carbocycles. The van der Waals surface area contributed by atoms with Crippen LogP contribution in [0.1, 0.15) is 41.5 Å². The van der Waals surface area contributed by atoms with E-state index in [0.29, 0.717) is 11.8 Å². The molecule has 0 radical (unpaired) electrons. The van der Waals surface area contributed by atoms with Crippen LogP contribution in [0.25, 0.3) is 0 Å². The zero-order chi connectivity index (χ0) is 10.4. The zero-order valence-corrected chi connectivity index (χ0v) is 10.5. The highest BCUT2D eigenvalue weighted by Gasteiger charge is 2.08. The Hall–Kier alpha value is -0.170. The SMILES string of the molecule is C/C=C(\S/C(=C\C)C(C)C)C(C)C. The van der Waals surface area contributed by atoms with E-state index in [1.807, 2.05) is 11.8 Å². The molecule has 13 heavy (non-hydrogen) atoms. The van der Waals surface area contributed by atoms with Crippen LogP contribution in [-0.4, -0.2) is 0 Å². The molecule has 0 unspecified atom stereocenters. The number of allylic oxidation sites excluding steroid dienone is 4. The summed E-state index contributed by atoms with van der Waals surface area (Å²) in [5, 5.41) is 0. The summed E-state index contributed by atoms with van der Waals surface area (Å²) in [6, 6.07) is 0. The van der Waals surface area contributed by atoms with Crippen LogP contribution in [0.2, 0.25) is 0 Å². The fraction of sp³-hybridized carbons (Fsp3) is 0.667. The van der Waals surface area contributed by atoms with Crippen molar-refractivity contribution in [1.29, 1.82) is 0 Å². The summed E-state index contributed by atoms with van der Waals surface area (Å²) in [7, 11) is 0. The van der Waals surface area contributed by atoms with E-state index in [9.17, 15) is 0 Å². The molecule has 0 amide bonds. The molecule has 0 aromatic carbocycles. The molecule has 0 atom stereocenters. The molecule has 0 heterocycles. The highest BCUT2D eigenvalue weighted by atomic mass is 32.2. The normalized spacial score (nSPS) is 14.5. The van der Waals surface area contributed by atoms with Crippen LogP contribution in [0.3, 0.4) is 0 Å². The summed E-state index contributed by atoms with van der Waals surface area (Å²) < 4.78 is 0. The molecule has 0 saturated carbocycles. The number of hydrogen-bond donors (Lipinski definition) is 0. The Balaban J connectivity index is 4.40.